The van der Waals surface area contributed by atoms with Crippen molar-refractivity contribution < 1.29 is 9.59 Å². The van der Waals surface area contributed by atoms with Crippen molar-refractivity contribution in [1.82, 2.24) is 14.8 Å². The molecule has 0 unspecified atom stereocenters. The lowest BCUT2D eigenvalue weighted by molar-refractivity contribution is -0.142. The number of benzene rings is 2. The minimum absolute atomic E-state index is 0.00449. The predicted molar refractivity (Wildman–Crippen MR) is 131 cm³/mol. The van der Waals surface area contributed by atoms with Gasteiger partial charge in [0.15, 0.2) is 0 Å². The Balaban J connectivity index is 1.57. The number of hydrogen-bond acceptors (Lipinski definition) is 3. The molecule has 1 aliphatic rings. The summed E-state index contributed by atoms with van der Waals surface area (Å²) in [6, 6.07) is 20.4. The topological polar surface area (TPSA) is 53.5 Å². The first-order chi connectivity index (χ1) is 15.9. The summed E-state index contributed by atoms with van der Waals surface area (Å²) in [5.74, 6) is 0.143. The normalized spacial score (nSPS) is 15.2. The molecular weight excluding hydrogens is 410 g/mol. The predicted octanol–water partition coefficient (Wildman–Crippen LogP) is 4.61. The molecule has 0 N–H and O–H groups in total. The van der Waals surface area contributed by atoms with E-state index in [0.29, 0.717) is 37.9 Å². The summed E-state index contributed by atoms with van der Waals surface area (Å²) in [6.45, 7) is 3.25. The summed E-state index contributed by atoms with van der Waals surface area (Å²) in [5, 5.41) is 0. The van der Waals surface area contributed by atoms with Gasteiger partial charge in [0.1, 0.15) is 0 Å². The van der Waals surface area contributed by atoms with Crippen molar-refractivity contribution in [1.29, 1.82) is 0 Å². The summed E-state index contributed by atoms with van der Waals surface area (Å²) < 4.78 is 0. The van der Waals surface area contributed by atoms with E-state index in [0.717, 1.165) is 5.56 Å². The molecule has 1 saturated heterocycles. The third kappa shape index (κ3) is 4.82. The van der Waals surface area contributed by atoms with E-state index in [-0.39, 0.29) is 11.8 Å². The maximum Gasteiger partial charge on any atom is 0.253 e. The van der Waals surface area contributed by atoms with Gasteiger partial charge in [-0.3, -0.25) is 14.6 Å². The van der Waals surface area contributed by atoms with Crippen LogP contribution in [-0.2, 0) is 11.2 Å². The Bertz CT molecular complexity index is 1130. The van der Waals surface area contributed by atoms with Gasteiger partial charge >= 0.3 is 0 Å². The molecule has 2 amide bonds. The average Bonchev–Trinajstić information content (AvgIpc) is 2.84. The number of piperidine rings is 1. The van der Waals surface area contributed by atoms with E-state index in [1.807, 2.05) is 19.0 Å². The zero-order chi connectivity index (χ0) is 23.4. The van der Waals surface area contributed by atoms with Gasteiger partial charge in [0.05, 0.1) is 5.41 Å². The minimum atomic E-state index is -0.511. The molecule has 1 aromatic heterocycles. The second-order valence-electron chi connectivity index (χ2n) is 9.20. The zero-order valence-electron chi connectivity index (χ0n) is 19.6. The molecule has 170 valence electrons. The Labute approximate surface area is 196 Å². The van der Waals surface area contributed by atoms with E-state index in [1.165, 1.54) is 16.7 Å². The van der Waals surface area contributed by atoms with Crippen molar-refractivity contribution in [2.24, 2.45) is 5.41 Å². The second kappa shape index (κ2) is 9.57. The molecule has 1 aliphatic heterocycles. The number of likely N-dealkylation sites (tertiary alicyclic amines) is 1. The smallest absolute Gasteiger partial charge is 0.253 e. The second-order valence-corrected chi connectivity index (χ2v) is 9.20. The Kier molecular flexibility index (Phi) is 6.59. The number of pyridine rings is 1. The van der Waals surface area contributed by atoms with Crippen LogP contribution in [0.3, 0.4) is 0 Å². The van der Waals surface area contributed by atoms with Crippen LogP contribution < -0.4 is 0 Å². The molecule has 2 aromatic carbocycles. The highest BCUT2D eigenvalue weighted by Gasteiger charge is 2.43. The Morgan fingerprint density at radius 3 is 2.33 bits per heavy atom. The molecule has 0 radical (unpaired) electrons. The van der Waals surface area contributed by atoms with Crippen molar-refractivity contribution >= 4 is 11.8 Å². The molecule has 0 atom stereocenters. The summed E-state index contributed by atoms with van der Waals surface area (Å²) >= 11 is 0. The van der Waals surface area contributed by atoms with Gasteiger partial charge < -0.3 is 9.80 Å². The molecule has 5 heteroatoms. The highest BCUT2D eigenvalue weighted by Crippen LogP contribution is 2.38. The summed E-state index contributed by atoms with van der Waals surface area (Å²) in [5.41, 5.74) is 4.90. The number of carbonyl (C=O) groups excluding carboxylic acids is 2. The number of nitrogens with zero attached hydrogens (tertiary/aromatic N) is 3. The molecule has 4 rings (SSSR count). The first kappa shape index (κ1) is 22.7. The molecule has 33 heavy (non-hydrogen) atoms. The fourth-order valence-electron chi connectivity index (χ4n) is 4.89. The first-order valence-corrected chi connectivity index (χ1v) is 11.5. The molecule has 0 spiro atoms. The Morgan fingerprint density at radius 2 is 1.67 bits per heavy atom. The molecule has 5 nitrogen and oxygen atoms in total. The third-order valence-corrected chi connectivity index (χ3v) is 6.72. The van der Waals surface area contributed by atoms with E-state index in [2.05, 4.69) is 60.4 Å². The van der Waals surface area contributed by atoms with E-state index in [1.54, 1.807) is 29.4 Å². The number of hydrogen-bond donors (Lipinski definition) is 0. The third-order valence-electron chi connectivity index (χ3n) is 6.72. The maximum atomic E-state index is 13.4. The SMILES string of the molecule is Cc1ccccc1-c1cccc(CC2(C(=O)N(C)C)CCN(C(=O)c3ccncc3)CC2)c1. The number of aromatic nitrogens is 1. The molecule has 3 aromatic rings. The molecule has 0 saturated carbocycles. The molecule has 2 heterocycles. The molecule has 0 bridgehead atoms. The van der Waals surface area contributed by atoms with Crippen molar-refractivity contribution in [3.8, 4) is 11.1 Å². The summed E-state index contributed by atoms with van der Waals surface area (Å²) in [7, 11) is 3.64. The van der Waals surface area contributed by atoms with Crippen LogP contribution in [0.4, 0.5) is 0 Å². The fraction of sp³-hybridized carbons (Fsp3) is 0.321. The highest BCUT2D eigenvalue weighted by atomic mass is 16.2. The number of rotatable bonds is 5. The summed E-state index contributed by atoms with van der Waals surface area (Å²) in [4.78, 5) is 33.9. The summed E-state index contributed by atoms with van der Waals surface area (Å²) in [6.07, 6.45) is 5.24. The van der Waals surface area contributed by atoms with E-state index in [4.69, 9.17) is 0 Å². The van der Waals surface area contributed by atoms with E-state index >= 15 is 0 Å². The van der Waals surface area contributed by atoms with Crippen LogP contribution >= 0.6 is 0 Å². The van der Waals surface area contributed by atoms with Gasteiger partial charge in [-0.05, 0) is 60.6 Å². The Morgan fingerprint density at radius 1 is 0.970 bits per heavy atom. The maximum absolute atomic E-state index is 13.4. The van der Waals surface area contributed by atoms with E-state index < -0.39 is 5.41 Å². The van der Waals surface area contributed by atoms with Crippen molar-refractivity contribution in [2.75, 3.05) is 27.2 Å². The lowest BCUT2D eigenvalue weighted by atomic mass is 9.72. The minimum Gasteiger partial charge on any atom is -0.348 e. The lowest BCUT2D eigenvalue weighted by Crippen LogP contribution is -2.51. The van der Waals surface area contributed by atoms with E-state index in [9.17, 15) is 9.59 Å². The van der Waals surface area contributed by atoms with Gasteiger partial charge in [-0.25, -0.2) is 0 Å². The monoisotopic (exact) mass is 441 g/mol. The zero-order valence-corrected chi connectivity index (χ0v) is 19.6. The van der Waals surface area contributed by atoms with Gasteiger partial charge in [-0.15, -0.1) is 0 Å². The first-order valence-electron chi connectivity index (χ1n) is 11.5. The van der Waals surface area contributed by atoms with Crippen LogP contribution in [0.1, 0.15) is 34.3 Å². The largest absolute Gasteiger partial charge is 0.348 e. The van der Waals surface area contributed by atoms with Crippen LogP contribution in [-0.4, -0.2) is 53.8 Å². The van der Waals surface area contributed by atoms with Crippen LogP contribution in [0.15, 0.2) is 73.1 Å². The standard InChI is InChI=1S/C28H31N3O2/c1-21-7-4-5-10-25(21)24-9-6-8-22(19-24)20-28(27(33)30(2)3)13-17-31(18-14-28)26(32)23-11-15-29-16-12-23/h4-12,15-16,19H,13-14,17-18,20H2,1-3H3. The van der Waals surface area contributed by atoms with Gasteiger partial charge in [-0.1, -0.05) is 48.5 Å². The van der Waals surface area contributed by atoms with Crippen molar-refractivity contribution in [3.63, 3.8) is 0 Å². The lowest BCUT2D eigenvalue weighted by Gasteiger charge is -2.42. The number of carbonyl (C=O) groups is 2. The van der Waals surface area contributed by atoms with Gasteiger partial charge in [0.2, 0.25) is 5.91 Å². The van der Waals surface area contributed by atoms with Crippen LogP contribution in [0, 0.1) is 12.3 Å². The molecular formula is C28H31N3O2. The van der Waals surface area contributed by atoms with Crippen LogP contribution in [0.25, 0.3) is 11.1 Å². The van der Waals surface area contributed by atoms with Crippen molar-refractivity contribution in [2.45, 2.75) is 26.2 Å². The average molecular weight is 442 g/mol. The number of aryl methyl sites for hydroxylation is 1. The molecule has 1 fully saturated rings. The van der Waals surface area contributed by atoms with Crippen LogP contribution in [0.5, 0.6) is 0 Å². The quantitative estimate of drug-likeness (QED) is 0.581. The van der Waals surface area contributed by atoms with Crippen molar-refractivity contribution in [3.05, 3.63) is 89.7 Å². The van der Waals surface area contributed by atoms with Gasteiger partial charge in [0.25, 0.3) is 5.91 Å². The number of amides is 2. The fourth-order valence-corrected chi connectivity index (χ4v) is 4.89. The highest BCUT2D eigenvalue weighted by molar-refractivity contribution is 5.94. The Hall–Kier alpha value is -3.47. The molecule has 0 aliphatic carbocycles. The van der Waals surface area contributed by atoms with Gasteiger partial charge in [-0.2, -0.15) is 0 Å². The van der Waals surface area contributed by atoms with Crippen LogP contribution in [0.2, 0.25) is 0 Å². The van der Waals surface area contributed by atoms with Gasteiger partial charge in [0, 0.05) is 45.1 Å².